The molecule has 0 radical (unpaired) electrons. The van der Waals surface area contributed by atoms with E-state index < -0.39 is 5.60 Å². The maximum atomic E-state index is 10.2. The Balaban J connectivity index is 2.38. The van der Waals surface area contributed by atoms with E-state index in [0.717, 1.165) is 10.5 Å². The van der Waals surface area contributed by atoms with Crippen molar-refractivity contribution in [2.45, 2.75) is 43.1 Å². The second-order valence-electron chi connectivity index (χ2n) is 5.48. The van der Waals surface area contributed by atoms with Gasteiger partial charge in [-0.15, -0.1) is 0 Å². The van der Waals surface area contributed by atoms with E-state index in [1.54, 1.807) is 11.8 Å². The molecule has 0 aliphatic heterocycles. The fraction of sp³-hybridized carbons (Fsp3) is 0.294. The van der Waals surface area contributed by atoms with Gasteiger partial charge < -0.3 is 5.11 Å². The lowest BCUT2D eigenvalue weighted by Crippen LogP contribution is -2.16. The van der Waals surface area contributed by atoms with Crippen LogP contribution in [0.3, 0.4) is 0 Å². The van der Waals surface area contributed by atoms with Gasteiger partial charge in [0, 0.05) is 9.79 Å². The molecule has 1 nitrogen and oxygen atoms in total. The van der Waals surface area contributed by atoms with E-state index in [2.05, 4.69) is 38.1 Å². The summed E-state index contributed by atoms with van der Waals surface area (Å²) in [6.07, 6.45) is 0. The molecule has 0 fully saturated rings. The molecule has 2 aromatic rings. The fourth-order valence-corrected chi connectivity index (χ4v) is 3.50. The van der Waals surface area contributed by atoms with E-state index in [0.29, 0.717) is 0 Å². The number of hydrogen-bond acceptors (Lipinski definition) is 2. The van der Waals surface area contributed by atoms with Crippen LogP contribution in [0.5, 0.6) is 0 Å². The molecule has 0 amide bonds. The second-order valence-corrected chi connectivity index (χ2v) is 6.60. The maximum Gasteiger partial charge on any atom is 0.0851 e. The van der Waals surface area contributed by atoms with Crippen molar-refractivity contribution in [2.24, 2.45) is 0 Å². The number of aliphatic hydroxyl groups is 1. The molecule has 0 unspecified atom stereocenters. The summed E-state index contributed by atoms with van der Waals surface area (Å²) in [7, 11) is 0. The minimum Gasteiger partial charge on any atom is -0.386 e. The molecule has 0 saturated carbocycles. The Kier molecular flexibility index (Phi) is 4.02. The summed E-state index contributed by atoms with van der Waals surface area (Å²) in [6, 6.07) is 14.6. The molecule has 0 atom stereocenters. The maximum absolute atomic E-state index is 10.2. The molecule has 0 aliphatic carbocycles. The number of aryl methyl sites for hydroxylation is 2. The number of hydrogen-bond donors (Lipinski definition) is 1. The third-order valence-corrected chi connectivity index (χ3v) is 4.02. The Morgan fingerprint density at radius 2 is 1.53 bits per heavy atom. The molecule has 0 bridgehead atoms. The van der Waals surface area contributed by atoms with Crippen LogP contribution in [-0.2, 0) is 5.60 Å². The predicted octanol–water partition coefficient (Wildman–Crippen LogP) is 4.68. The zero-order valence-corrected chi connectivity index (χ0v) is 12.7. The fourth-order valence-electron chi connectivity index (χ4n) is 2.18. The minimum atomic E-state index is -0.817. The highest BCUT2D eigenvalue weighted by molar-refractivity contribution is 7.99. The molecule has 100 valence electrons. The van der Waals surface area contributed by atoms with E-state index >= 15 is 0 Å². The van der Waals surface area contributed by atoms with Gasteiger partial charge in [0.1, 0.15) is 0 Å². The first-order chi connectivity index (χ1) is 8.86. The lowest BCUT2D eigenvalue weighted by atomic mass is 9.99. The topological polar surface area (TPSA) is 20.2 Å². The van der Waals surface area contributed by atoms with Gasteiger partial charge in [-0.1, -0.05) is 36.0 Å². The average molecular weight is 272 g/mol. The van der Waals surface area contributed by atoms with E-state index in [1.807, 2.05) is 32.0 Å². The first kappa shape index (κ1) is 14.2. The van der Waals surface area contributed by atoms with Crippen molar-refractivity contribution in [3.8, 4) is 0 Å². The van der Waals surface area contributed by atoms with Gasteiger partial charge in [0.25, 0.3) is 0 Å². The van der Waals surface area contributed by atoms with Gasteiger partial charge in [0.05, 0.1) is 5.60 Å². The van der Waals surface area contributed by atoms with Gasteiger partial charge in [0.2, 0.25) is 0 Å². The molecular weight excluding hydrogens is 252 g/mol. The highest BCUT2D eigenvalue weighted by Crippen LogP contribution is 2.36. The molecule has 0 aromatic heterocycles. The van der Waals surface area contributed by atoms with Crippen LogP contribution in [0.15, 0.2) is 52.3 Å². The quantitative estimate of drug-likeness (QED) is 0.875. The highest BCUT2D eigenvalue weighted by atomic mass is 32.2. The van der Waals surface area contributed by atoms with Crippen molar-refractivity contribution in [2.75, 3.05) is 0 Å². The standard InChI is InChI=1S/C17H20OS/c1-12-9-13(2)11-14(10-12)19-16-8-6-5-7-15(16)17(3,4)18/h5-11,18H,1-4H3. The summed E-state index contributed by atoms with van der Waals surface area (Å²) in [4.78, 5) is 2.33. The third kappa shape index (κ3) is 3.62. The smallest absolute Gasteiger partial charge is 0.0851 e. The van der Waals surface area contributed by atoms with Crippen molar-refractivity contribution < 1.29 is 5.11 Å². The molecule has 19 heavy (non-hydrogen) atoms. The van der Waals surface area contributed by atoms with Crippen molar-refractivity contribution in [3.63, 3.8) is 0 Å². The lowest BCUT2D eigenvalue weighted by Gasteiger charge is -2.21. The van der Waals surface area contributed by atoms with Crippen LogP contribution in [0, 0.1) is 13.8 Å². The Morgan fingerprint density at radius 1 is 0.947 bits per heavy atom. The van der Waals surface area contributed by atoms with E-state index in [1.165, 1.54) is 16.0 Å². The monoisotopic (exact) mass is 272 g/mol. The van der Waals surface area contributed by atoms with Gasteiger partial charge in [-0.2, -0.15) is 0 Å². The van der Waals surface area contributed by atoms with Crippen LogP contribution in [0.25, 0.3) is 0 Å². The zero-order chi connectivity index (χ0) is 14.0. The van der Waals surface area contributed by atoms with Crippen molar-refractivity contribution in [3.05, 3.63) is 59.2 Å². The molecule has 0 saturated heterocycles. The summed E-state index contributed by atoms with van der Waals surface area (Å²) in [6.45, 7) is 7.87. The van der Waals surface area contributed by atoms with Gasteiger partial charge in [0.15, 0.2) is 0 Å². The van der Waals surface area contributed by atoms with Crippen LogP contribution in [-0.4, -0.2) is 5.11 Å². The van der Waals surface area contributed by atoms with Crippen LogP contribution in [0.2, 0.25) is 0 Å². The van der Waals surface area contributed by atoms with Crippen molar-refractivity contribution in [1.29, 1.82) is 0 Å². The summed E-state index contributed by atoms with van der Waals surface area (Å²) in [5, 5.41) is 10.2. The third-order valence-electron chi connectivity index (χ3n) is 2.97. The molecule has 0 spiro atoms. The van der Waals surface area contributed by atoms with Gasteiger partial charge >= 0.3 is 0 Å². The molecule has 1 N–H and O–H groups in total. The second kappa shape index (κ2) is 5.40. The lowest BCUT2D eigenvalue weighted by molar-refractivity contribution is 0.0758. The summed E-state index contributed by atoms with van der Waals surface area (Å²) >= 11 is 1.71. The Morgan fingerprint density at radius 3 is 2.11 bits per heavy atom. The molecule has 2 rings (SSSR count). The Hall–Kier alpha value is -1.25. The summed E-state index contributed by atoms with van der Waals surface area (Å²) in [5.41, 5.74) is 2.69. The van der Waals surface area contributed by atoms with E-state index in [-0.39, 0.29) is 0 Å². The molecule has 2 heteroatoms. The molecule has 2 aromatic carbocycles. The number of rotatable bonds is 3. The normalized spacial score (nSPS) is 11.6. The van der Waals surface area contributed by atoms with Crippen LogP contribution in [0.4, 0.5) is 0 Å². The first-order valence-electron chi connectivity index (χ1n) is 6.44. The first-order valence-corrected chi connectivity index (χ1v) is 7.26. The highest BCUT2D eigenvalue weighted by Gasteiger charge is 2.19. The Labute approximate surface area is 119 Å². The van der Waals surface area contributed by atoms with Gasteiger partial charge in [-0.05, 0) is 62.6 Å². The summed E-state index contributed by atoms with van der Waals surface area (Å²) in [5.74, 6) is 0. The van der Waals surface area contributed by atoms with Gasteiger partial charge in [-0.25, -0.2) is 0 Å². The van der Waals surface area contributed by atoms with Crippen molar-refractivity contribution in [1.82, 2.24) is 0 Å². The summed E-state index contributed by atoms with van der Waals surface area (Å²) < 4.78 is 0. The average Bonchev–Trinajstić information content (AvgIpc) is 2.26. The van der Waals surface area contributed by atoms with Gasteiger partial charge in [-0.3, -0.25) is 0 Å². The Bertz CT molecular complexity index is 562. The van der Waals surface area contributed by atoms with E-state index in [4.69, 9.17) is 0 Å². The molecule has 0 aliphatic rings. The SMILES string of the molecule is Cc1cc(C)cc(Sc2ccccc2C(C)(C)O)c1. The van der Waals surface area contributed by atoms with E-state index in [9.17, 15) is 5.11 Å². The predicted molar refractivity (Wildman–Crippen MR) is 81.7 cm³/mol. The minimum absolute atomic E-state index is 0.817. The largest absolute Gasteiger partial charge is 0.386 e. The molecule has 0 heterocycles. The number of benzene rings is 2. The van der Waals surface area contributed by atoms with Crippen LogP contribution >= 0.6 is 11.8 Å². The zero-order valence-electron chi connectivity index (χ0n) is 11.9. The van der Waals surface area contributed by atoms with Crippen LogP contribution in [0.1, 0.15) is 30.5 Å². The van der Waals surface area contributed by atoms with Crippen molar-refractivity contribution >= 4 is 11.8 Å². The molecular formula is C17H20OS. The van der Waals surface area contributed by atoms with Crippen LogP contribution < -0.4 is 0 Å².